The Bertz CT molecular complexity index is 555. The van der Waals surface area contributed by atoms with Crippen LogP contribution in [-0.4, -0.2) is 17.6 Å². The predicted octanol–water partition coefficient (Wildman–Crippen LogP) is 3.61. The second kappa shape index (κ2) is 5.64. The predicted molar refractivity (Wildman–Crippen MR) is 70.5 cm³/mol. The lowest BCUT2D eigenvalue weighted by atomic mass is 10.3. The highest BCUT2D eigenvalue weighted by atomic mass is 32.1. The molecule has 0 atom stereocenters. The van der Waals surface area contributed by atoms with Crippen LogP contribution in [0.2, 0.25) is 0 Å². The molecule has 0 bridgehead atoms. The summed E-state index contributed by atoms with van der Waals surface area (Å²) in [5.41, 5.74) is 0.221. The van der Waals surface area contributed by atoms with Crippen LogP contribution in [0.25, 0.3) is 16.8 Å². The van der Waals surface area contributed by atoms with E-state index in [2.05, 4.69) is 4.98 Å². The fourth-order valence-corrected chi connectivity index (χ4v) is 2.10. The summed E-state index contributed by atoms with van der Waals surface area (Å²) in [6.45, 7) is 3.92. The number of nitrogens with zero attached hydrogens (tertiary/aromatic N) is 1. The Kier molecular flexibility index (Phi) is 3.94. The summed E-state index contributed by atoms with van der Waals surface area (Å²) in [6, 6.07) is 3.80. The number of rotatable bonds is 4. The van der Waals surface area contributed by atoms with E-state index >= 15 is 0 Å². The Hall–Kier alpha value is -1.88. The highest BCUT2D eigenvalue weighted by Crippen LogP contribution is 2.27. The lowest BCUT2D eigenvalue weighted by Crippen LogP contribution is -2.06. The van der Waals surface area contributed by atoms with E-state index in [1.165, 1.54) is 11.3 Å². The van der Waals surface area contributed by atoms with Crippen LogP contribution < -0.4 is 0 Å². The molecule has 94 valence electrons. The molecule has 0 radical (unpaired) electrons. The summed E-state index contributed by atoms with van der Waals surface area (Å²) in [6.07, 6.45) is 3.50. The van der Waals surface area contributed by atoms with Crippen molar-refractivity contribution < 1.29 is 13.9 Å². The van der Waals surface area contributed by atoms with Crippen molar-refractivity contribution in [3.05, 3.63) is 35.0 Å². The van der Waals surface area contributed by atoms with E-state index in [4.69, 9.17) is 9.15 Å². The van der Waals surface area contributed by atoms with Crippen LogP contribution in [-0.2, 0) is 4.74 Å². The minimum Gasteiger partial charge on any atom is -0.461 e. The third-order valence-corrected chi connectivity index (χ3v) is 3.03. The molecule has 0 aromatic carbocycles. The molecule has 2 aromatic heterocycles. The first-order chi connectivity index (χ1) is 8.76. The number of oxazole rings is 1. The molecule has 0 amide bonds. The second-order valence-corrected chi connectivity index (χ2v) is 4.38. The zero-order valence-corrected chi connectivity index (χ0v) is 11.0. The largest absolute Gasteiger partial charge is 0.461 e. The first-order valence-electron chi connectivity index (χ1n) is 5.60. The zero-order chi connectivity index (χ0) is 13.0. The van der Waals surface area contributed by atoms with Gasteiger partial charge < -0.3 is 9.15 Å². The quantitative estimate of drug-likeness (QED) is 0.791. The first-order valence-corrected chi connectivity index (χ1v) is 6.48. The highest BCUT2D eigenvalue weighted by molar-refractivity contribution is 7.13. The van der Waals surface area contributed by atoms with Gasteiger partial charge in [-0.05, 0) is 31.4 Å². The van der Waals surface area contributed by atoms with Crippen molar-refractivity contribution in [1.82, 2.24) is 4.98 Å². The number of carbonyl (C=O) groups excluding carboxylic acids is 1. The lowest BCUT2D eigenvalue weighted by molar-refractivity contribution is 0.0519. The van der Waals surface area contributed by atoms with Gasteiger partial charge in [-0.25, -0.2) is 9.78 Å². The topological polar surface area (TPSA) is 52.3 Å². The van der Waals surface area contributed by atoms with Gasteiger partial charge in [0.1, 0.15) is 0 Å². The number of ether oxygens (including phenoxy) is 1. The first kappa shape index (κ1) is 12.6. The number of thiophene rings is 1. The maximum absolute atomic E-state index is 11.7. The summed E-state index contributed by atoms with van der Waals surface area (Å²) in [7, 11) is 0. The van der Waals surface area contributed by atoms with Crippen molar-refractivity contribution in [2.45, 2.75) is 13.8 Å². The SMILES string of the molecule is CC=Cc1oc(-c2cccs2)nc1C(=O)OCC. The second-order valence-electron chi connectivity index (χ2n) is 3.43. The van der Waals surface area contributed by atoms with Crippen LogP contribution in [0, 0.1) is 0 Å². The molecular formula is C13H13NO3S. The molecule has 2 rings (SSSR count). The van der Waals surface area contributed by atoms with Crippen molar-refractivity contribution in [3.63, 3.8) is 0 Å². The summed E-state index contributed by atoms with van der Waals surface area (Å²) < 4.78 is 10.5. The Balaban J connectivity index is 2.41. The summed E-state index contributed by atoms with van der Waals surface area (Å²) in [4.78, 5) is 16.8. The smallest absolute Gasteiger partial charge is 0.360 e. The van der Waals surface area contributed by atoms with Crippen molar-refractivity contribution >= 4 is 23.4 Å². The van der Waals surface area contributed by atoms with E-state index in [9.17, 15) is 4.79 Å². The van der Waals surface area contributed by atoms with Crippen LogP contribution >= 0.6 is 11.3 Å². The van der Waals surface area contributed by atoms with Crippen LogP contribution in [0.3, 0.4) is 0 Å². The molecule has 4 nitrogen and oxygen atoms in total. The Morgan fingerprint density at radius 2 is 2.44 bits per heavy atom. The summed E-state index contributed by atoms with van der Waals surface area (Å²) >= 11 is 1.51. The number of hydrogen-bond acceptors (Lipinski definition) is 5. The van der Waals surface area contributed by atoms with Crippen molar-refractivity contribution in [2.75, 3.05) is 6.61 Å². The Morgan fingerprint density at radius 1 is 1.61 bits per heavy atom. The maximum Gasteiger partial charge on any atom is 0.360 e. The van der Waals surface area contributed by atoms with Crippen LogP contribution in [0.4, 0.5) is 0 Å². The minimum atomic E-state index is -0.461. The molecule has 0 saturated carbocycles. The number of aromatic nitrogens is 1. The van der Waals surface area contributed by atoms with Crippen molar-refractivity contribution in [1.29, 1.82) is 0 Å². The van der Waals surface area contributed by atoms with Gasteiger partial charge in [0.05, 0.1) is 11.5 Å². The fraction of sp³-hybridized carbons (Fsp3) is 0.231. The monoisotopic (exact) mass is 263 g/mol. The van der Waals surface area contributed by atoms with E-state index in [-0.39, 0.29) is 5.69 Å². The van der Waals surface area contributed by atoms with Gasteiger partial charge in [0.25, 0.3) is 0 Å². The molecule has 5 heteroatoms. The number of carbonyl (C=O) groups is 1. The molecule has 18 heavy (non-hydrogen) atoms. The normalized spacial score (nSPS) is 11.0. The summed E-state index contributed by atoms with van der Waals surface area (Å²) in [5, 5.41) is 1.93. The molecule has 2 heterocycles. The van der Waals surface area contributed by atoms with Crippen molar-refractivity contribution in [3.8, 4) is 10.8 Å². The number of hydrogen-bond donors (Lipinski definition) is 0. The summed E-state index contributed by atoms with van der Waals surface area (Å²) in [5.74, 6) is 0.414. The molecule has 0 aliphatic rings. The average molecular weight is 263 g/mol. The van der Waals surface area contributed by atoms with Gasteiger partial charge >= 0.3 is 5.97 Å². The van der Waals surface area contributed by atoms with E-state index in [1.807, 2.05) is 24.4 Å². The fourth-order valence-electron chi connectivity index (χ4n) is 1.45. The van der Waals surface area contributed by atoms with Gasteiger partial charge in [-0.1, -0.05) is 12.1 Å². The Morgan fingerprint density at radius 3 is 3.06 bits per heavy atom. The molecular weight excluding hydrogens is 250 g/mol. The van der Waals surface area contributed by atoms with Gasteiger partial charge in [-0.3, -0.25) is 0 Å². The van der Waals surface area contributed by atoms with E-state index in [0.29, 0.717) is 18.3 Å². The molecule has 0 fully saturated rings. The van der Waals surface area contributed by atoms with Crippen molar-refractivity contribution in [2.24, 2.45) is 0 Å². The zero-order valence-electron chi connectivity index (χ0n) is 10.2. The van der Waals surface area contributed by atoms with Crippen LogP contribution in [0.1, 0.15) is 30.1 Å². The maximum atomic E-state index is 11.7. The average Bonchev–Trinajstić information content (AvgIpc) is 2.97. The number of allylic oxidation sites excluding steroid dienone is 1. The molecule has 2 aromatic rings. The lowest BCUT2D eigenvalue weighted by Gasteiger charge is -1.97. The van der Waals surface area contributed by atoms with Gasteiger partial charge in [-0.2, -0.15) is 0 Å². The van der Waals surface area contributed by atoms with Crippen LogP contribution in [0.5, 0.6) is 0 Å². The third-order valence-electron chi connectivity index (χ3n) is 2.17. The van der Waals surface area contributed by atoms with Gasteiger partial charge in [0.15, 0.2) is 11.5 Å². The number of esters is 1. The molecule has 0 spiro atoms. The van der Waals surface area contributed by atoms with Gasteiger partial charge in [0, 0.05) is 0 Å². The van der Waals surface area contributed by atoms with Gasteiger partial charge in [-0.15, -0.1) is 11.3 Å². The van der Waals surface area contributed by atoms with E-state index < -0.39 is 5.97 Å². The molecule has 0 aliphatic carbocycles. The highest BCUT2D eigenvalue weighted by Gasteiger charge is 2.20. The van der Waals surface area contributed by atoms with Crippen LogP contribution in [0.15, 0.2) is 28.0 Å². The van der Waals surface area contributed by atoms with Gasteiger partial charge in [0.2, 0.25) is 5.89 Å². The minimum absolute atomic E-state index is 0.221. The van der Waals surface area contributed by atoms with E-state index in [0.717, 1.165) is 4.88 Å². The molecule has 0 N–H and O–H groups in total. The molecule has 0 saturated heterocycles. The third kappa shape index (κ3) is 2.51. The molecule has 0 unspecified atom stereocenters. The standard InChI is InChI=1S/C13H13NO3S/c1-3-6-9-11(13(15)16-4-2)14-12(17-9)10-7-5-8-18-10/h3,5-8H,4H2,1-2H3. The molecule has 0 aliphatic heterocycles. The Labute approximate surface area is 109 Å². The van der Waals surface area contributed by atoms with E-state index in [1.54, 1.807) is 19.1 Å².